The fraction of sp³-hybridized carbons (Fsp3) is 0.643. The molecule has 0 aromatic carbocycles. The number of hydrogen-bond donors (Lipinski definition) is 1. The summed E-state index contributed by atoms with van der Waals surface area (Å²) < 4.78 is 0. The summed E-state index contributed by atoms with van der Waals surface area (Å²) in [6, 6.07) is 0.283. The van der Waals surface area contributed by atoms with E-state index in [-0.39, 0.29) is 11.9 Å². The topological polar surface area (TPSA) is 58.1 Å². The van der Waals surface area contributed by atoms with E-state index in [0.717, 1.165) is 31.8 Å². The van der Waals surface area contributed by atoms with Crippen LogP contribution in [0.5, 0.6) is 0 Å². The molecular formula is C14H22N4O. The molecule has 5 nitrogen and oxygen atoms in total. The van der Waals surface area contributed by atoms with Gasteiger partial charge in [0.1, 0.15) is 0 Å². The van der Waals surface area contributed by atoms with Crippen LogP contribution in [0.15, 0.2) is 12.4 Å². The zero-order valence-corrected chi connectivity index (χ0v) is 11.9. The van der Waals surface area contributed by atoms with Gasteiger partial charge in [-0.2, -0.15) is 0 Å². The predicted molar refractivity (Wildman–Crippen MR) is 75.1 cm³/mol. The Morgan fingerprint density at radius 3 is 2.42 bits per heavy atom. The summed E-state index contributed by atoms with van der Waals surface area (Å²) in [5.41, 5.74) is 0.573. The highest BCUT2D eigenvalue weighted by atomic mass is 16.2. The molecule has 0 spiro atoms. The Bertz CT molecular complexity index is 422. The normalized spacial score (nSPS) is 16.7. The van der Waals surface area contributed by atoms with Crippen molar-refractivity contribution in [2.45, 2.75) is 39.7 Å². The summed E-state index contributed by atoms with van der Waals surface area (Å²) in [5, 5.41) is 3.11. The Hall–Kier alpha value is -1.65. The van der Waals surface area contributed by atoms with Gasteiger partial charge in [0.25, 0.3) is 5.91 Å². The Balaban J connectivity index is 1.99. The molecule has 1 fully saturated rings. The van der Waals surface area contributed by atoms with Crippen LogP contribution in [0, 0.1) is 5.92 Å². The lowest BCUT2D eigenvalue weighted by Gasteiger charge is -2.30. The van der Waals surface area contributed by atoms with Crippen molar-refractivity contribution >= 4 is 11.9 Å². The van der Waals surface area contributed by atoms with Gasteiger partial charge in [0.2, 0.25) is 5.95 Å². The third-order valence-corrected chi connectivity index (χ3v) is 3.39. The lowest BCUT2D eigenvalue weighted by Crippen LogP contribution is -2.38. The summed E-state index contributed by atoms with van der Waals surface area (Å²) in [7, 11) is 0. The van der Waals surface area contributed by atoms with Crippen molar-refractivity contribution in [2.75, 3.05) is 18.4 Å². The second-order valence-corrected chi connectivity index (χ2v) is 5.57. The highest BCUT2D eigenvalue weighted by Gasteiger charge is 2.21. The van der Waals surface area contributed by atoms with E-state index in [9.17, 15) is 4.79 Å². The van der Waals surface area contributed by atoms with Gasteiger partial charge in [-0.15, -0.1) is 0 Å². The van der Waals surface area contributed by atoms with Gasteiger partial charge < -0.3 is 10.2 Å². The van der Waals surface area contributed by atoms with E-state index < -0.39 is 0 Å². The van der Waals surface area contributed by atoms with Crippen LogP contribution in [-0.2, 0) is 0 Å². The minimum Gasteiger partial charge on any atom is -0.352 e. The molecule has 1 aromatic rings. The number of piperidine rings is 1. The molecule has 1 aromatic heterocycles. The number of anilines is 1. The van der Waals surface area contributed by atoms with Gasteiger partial charge in [-0.05, 0) is 32.6 Å². The molecule has 2 rings (SSSR count). The first-order chi connectivity index (χ1) is 9.06. The molecule has 0 aliphatic carbocycles. The maximum absolute atomic E-state index is 12.3. The van der Waals surface area contributed by atoms with Crippen molar-refractivity contribution in [1.29, 1.82) is 0 Å². The Labute approximate surface area is 114 Å². The van der Waals surface area contributed by atoms with Crippen LogP contribution >= 0.6 is 0 Å². The van der Waals surface area contributed by atoms with Crippen LogP contribution in [0.1, 0.15) is 44.0 Å². The fourth-order valence-corrected chi connectivity index (χ4v) is 2.17. The summed E-state index contributed by atoms with van der Waals surface area (Å²) in [6.07, 6.45) is 5.38. The molecule has 2 heterocycles. The van der Waals surface area contributed by atoms with Crippen molar-refractivity contribution in [3.63, 3.8) is 0 Å². The number of aromatic nitrogens is 2. The summed E-state index contributed by atoms with van der Waals surface area (Å²) in [6.45, 7) is 7.96. The van der Waals surface area contributed by atoms with Crippen molar-refractivity contribution in [2.24, 2.45) is 5.92 Å². The summed E-state index contributed by atoms with van der Waals surface area (Å²) in [5.74, 6) is 1.33. The summed E-state index contributed by atoms with van der Waals surface area (Å²) >= 11 is 0. The first-order valence-electron chi connectivity index (χ1n) is 6.94. The number of nitrogens with one attached hydrogen (secondary N) is 1. The van der Waals surface area contributed by atoms with Gasteiger partial charge in [-0.3, -0.25) is 4.79 Å². The third kappa shape index (κ3) is 3.66. The predicted octanol–water partition coefficient (Wildman–Crippen LogP) is 2.17. The minimum absolute atomic E-state index is 0.0444. The van der Waals surface area contributed by atoms with Gasteiger partial charge in [-0.1, -0.05) is 6.92 Å². The lowest BCUT2D eigenvalue weighted by atomic mass is 9.99. The largest absolute Gasteiger partial charge is 0.352 e. The van der Waals surface area contributed by atoms with Crippen LogP contribution in [0.25, 0.3) is 0 Å². The molecule has 0 radical (unpaired) electrons. The van der Waals surface area contributed by atoms with Gasteiger partial charge >= 0.3 is 0 Å². The second kappa shape index (κ2) is 5.99. The number of likely N-dealkylation sites (tertiary alicyclic amines) is 1. The van der Waals surface area contributed by atoms with E-state index in [1.807, 2.05) is 18.7 Å². The fourth-order valence-electron chi connectivity index (χ4n) is 2.17. The SMILES string of the molecule is CC1CCN(C(=O)c2cnc(NC(C)C)nc2)CC1. The summed E-state index contributed by atoms with van der Waals surface area (Å²) in [4.78, 5) is 22.5. The van der Waals surface area contributed by atoms with E-state index in [0.29, 0.717) is 11.5 Å². The maximum atomic E-state index is 12.3. The van der Waals surface area contributed by atoms with E-state index in [1.54, 1.807) is 12.4 Å². The molecule has 1 saturated heterocycles. The number of rotatable bonds is 3. The van der Waals surface area contributed by atoms with Gasteiger partial charge in [0.15, 0.2) is 0 Å². The van der Waals surface area contributed by atoms with Crippen molar-refractivity contribution in [3.8, 4) is 0 Å². The van der Waals surface area contributed by atoms with Gasteiger partial charge in [0.05, 0.1) is 5.56 Å². The standard InChI is InChI=1S/C14H22N4O/c1-10(2)17-14-15-8-12(9-16-14)13(19)18-6-4-11(3)5-7-18/h8-11H,4-7H2,1-3H3,(H,15,16,17). The molecule has 19 heavy (non-hydrogen) atoms. The first kappa shape index (κ1) is 13.8. The molecule has 0 bridgehead atoms. The van der Waals surface area contributed by atoms with E-state index in [4.69, 9.17) is 0 Å². The Kier molecular flexibility index (Phi) is 4.35. The second-order valence-electron chi connectivity index (χ2n) is 5.57. The highest BCUT2D eigenvalue weighted by Crippen LogP contribution is 2.17. The highest BCUT2D eigenvalue weighted by molar-refractivity contribution is 5.93. The number of carbonyl (C=O) groups is 1. The molecule has 104 valence electrons. The van der Waals surface area contributed by atoms with E-state index >= 15 is 0 Å². The number of nitrogens with zero attached hydrogens (tertiary/aromatic N) is 3. The average molecular weight is 262 g/mol. The number of carbonyl (C=O) groups excluding carboxylic acids is 1. The molecule has 5 heteroatoms. The first-order valence-corrected chi connectivity index (χ1v) is 6.94. The minimum atomic E-state index is 0.0444. The third-order valence-electron chi connectivity index (χ3n) is 3.39. The number of amides is 1. The van der Waals surface area contributed by atoms with Crippen molar-refractivity contribution in [1.82, 2.24) is 14.9 Å². The molecule has 1 aliphatic rings. The van der Waals surface area contributed by atoms with Gasteiger partial charge in [-0.25, -0.2) is 9.97 Å². The van der Waals surface area contributed by atoms with Crippen molar-refractivity contribution in [3.05, 3.63) is 18.0 Å². The molecule has 1 aliphatic heterocycles. The Morgan fingerprint density at radius 2 is 1.89 bits per heavy atom. The number of hydrogen-bond acceptors (Lipinski definition) is 4. The molecule has 0 atom stereocenters. The quantitative estimate of drug-likeness (QED) is 0.907. The molecular weight excluding hydrogens is 240 g/mol. The zero-order chi connectivity index (χ0) is 13.8. The lowest BCUT2D eigenvalue weighted by molar-refractivity contribution is 0.0696. The smallest absolute Gasteiger partial charge is 0.256 e. The van der Waals surface area contributed by atoms with Crippen LogP contribution in [0.3, 0.4) is 0 Å². The monoisotopic (exact) mass is 262 g/mol. The molecule has 0 unspecified atom stereocenters. The molecule has 1 amide bonds. The van der Waals surface area contributed by atoms with Gasteiger partial charge in [0, 0.05) is 31.5 Å². The maximum Gasteiger partial charge on any atom is 0.256 e. The molecule has 0 saturated carbocycles. The van der Waals surface area contributed by atoms with Crippen LogP contribution < -0.4 is 5.32 Å². The van der Waals surface area contributed by atoms with Crippen LogP contribution in [0.2, 0.25) is 0 Å². The molecule has 1 N–H and O–H groups in total. The zero-order valence-electron chi connectivity index (χ0n) is 11.9. The van der Waals surface area contributed by atoms with E-state index in [2.05, 4.69) is 22.2 Å². The average Bonchev–Trinajstić information content (AvgIpc) is 2.39. The van der Waals surface area contributed by atoms with Crippen LogP contribution in [0.4, 0.5) is 5.95 Å². The van der Waals surface area contributed by atoms with Crippen LogP contribution in [-0.4, -0.2) is 39.9 Å². The van der Waals surface area contributed by atoms with E-state index in [1.165, 1.54) is 0 Å². The Morgan fingerprint density at radius 1 is 1.32 bits per heavy atom. The van der Waals surface area contributed by atoms with Crippen molar-refractivity contribution < 1.29 is 4.79 Å².